The van der Waals surface area contributed by atoms with Gasteiger partial charge >= 0.3 is 0 Å². The van der Waals surface area contributed by atoms with E-state index in [2.05, 4.69) is 58.8 Å². The maximum absolute atomic E-state index is 4.73. The van der Waals surface area contributed by atoms with Gasteiger partial charge in [0, 0.05) is 48.5 Å². The molecule has 2 heterocycles. The molecule has 0 aliphatic rings. The van der Waals surface area contributed by atoms with Gasteiger partial charge in [0.2, 0.25) is 0 Å². The summed E-state index contributed by atoms with van der Waals surface area (Å²) < 4.78 is 0. The van der Waals surface area contributed by atoms with Gasteiger partial charge in [-0.1, -0.05) is 29.8 Å². The summed E-state index contributed by atoms with van der Waals surface area (Å²) in [5.41, 5.74) is 4.55. The molecule has 0 fully saturated rings. The zero-order valence-electron chi connectivity index (χ0n) is 13.4. The van der Waals surface area contributed by atoms with E-state index in [1.807, 2.05) is 0 Å². The van der Waals surface area contributed by atoms with Gasteiger partial charge in [0.05, 0.1) is 11.4 Å². The third-order valence-electron chi connectivity index (χ3n) is 3.71. The fourth-order valence-corrected chi connectivity index (χ4v) is 3.17. The Morgan fingerprint density at radius 1 is 1.17 bits per heavy atom. The van der Waals surface area contributed by atoms with Crippen LogP contribution in [0.1, 0.15) is 29.9 Å². The lowest BCUT2D eigenvalue weighted by Crippen LogP contribution is -2.22. The Kier molecular flexibility index (Phi) is 5.10. The third-order valence-corrected chi connectivity index (χ3v) is 4.65. The van der Waals surface area contributed by atoms with Crippen LogP contribution in [0, 0.1) is 6.92 Å². The average Bonchev–Trinajstić information content (AvgIpc) is 3.05. The van der Waals surface area contributed by atoms with Crippen molar-refractivity contribution >= 4 is 11.3 Å². The minimum Gasteiger partial charge on any atom is -0.308 e. The summed E-state index contributed by atoms with van der Waals surface area (Å²) in [6.07, 6.45) is 6.13. The topological polar surface area (TPSA) is 50.7 Å². The number of hydrogen-bond donors (Lipinski definition) is 1. The summed E-state index contributed by atoms with van der Waals surface area (Å²) in [5.74, 6) is 0. The lowest BCUT2D eigenvalue weighted by molar-refractivity contribution is 0.560. The molecule has 1 N–H and O–H groups in total. The van der Waals surface area contributed by atoms with Crippen molar-refractivity contribution in [3.8, 4) is 10.6 Å². The highest BCUT2D eigenvalue weighted by atomic mass is 32.1. The molecule has 0 aliphatic heterocycles. The van der Waals surface area contributed by atoms with E-state index in [1.54, 1.807) is 29.9 Å². The first-order valence-electron chi connectivity index (χ1n) is 7.73. The number of rotatable bonds is 6. The zero-order chi connectivity index (χ0) is 16.1. The Bertz CT molecular complexity index is 737. The lowest BCUT2D eigenvalue weighted by atomic mass is 10.2. The largest absolute Gasteiger partial charge is 0.308 e. The van der Waals surface area contributed by atoms with Gasteiger partial charge in [-0.2, -0.15) is 0 Å². The second kappa shape index (κ2) is 7.44. The van der Waals surface area contributed by atoms with E-state index in [0.717, 1.165) is 29.4 Å². The van der Waals surface area contributed by atoms with E-state index < -0.39 is 0 Å². The third kappa shape index (κ3) is 4.21. The lowest BCUT2D eigenvalue weighted by Gasteiger charge is -2.11. The molecule has 3 rings (SSSR count). The van der Waals surface area contributed by atoms with Crippen LogP contribution in [0.3, 0.4) is 0 Å². The molecule has 5 heteroatoms. The average molecular weight is 324 g/mol. The first-order chi connectivity index (χ1) is 11.2. The van der Waals surface area contributed by atoms with E-state index in [-0.39, 0.29) is 6.04 Å². The number of aryl methyl sites for hydroxylation is 1. The van der Waals surface area contributed by atoms with Gasteiger partial charge < -0.3 is 5.32 Å². The second-order valence-corrected chi connectivity index (χ2v) is 6.42. The summed E-state index contributed by atoms with van der Waals surface area (Å²) >= 11 is 1.70. The van der Waals surface area contributed by atoms with Crippen molar-refractivity contribution in [2.75, 3.05) is 6.54 Å². The predicted molar refractivity (Wildman–Crippen MR) is 94.4 cm³/mol. The first kappa shape index (κ1) is 15.8. The molecular formula is C18H20N4S. The van der Waals surface area contributed by atoms with Crippen molar-refractivity contribution in [1.29, 1.82) is 0 Å². The molecule has 4 nitrogen and oxygen atoms in total. The number of benzene rings is 1. The Hall–Kier alpha value is -2.11. The maximum Gasteiger partial charge on any atom is 0.123 e. The van der Waals surface area contributed by atoms with Crippen molar-refractivity contribution in [3.05, 3.63) is 65.2 Å². The number of hydrogen-bond acceptors (Lipinski definition) is 5. The van der Waals surface area contributed by atoms with Crippen LogP contribution in [0.2, 0.25) is 0 Å². The van der Waals surface area contributed by atoms with Gasteiger partial charge in [-0.3, -0.25) is 9.97 Å². The summed E-state index contributed by atoms with van der Waals surface area (Å²) in [4.78, 5) is 13.1. The van der Waals surface area contributed by atoms with Gasteiger partial charge in [-0.25, -0.2) is 4.98 Å². The number of nitrogens with zero attached hydrogens (tertiary/aromatic N) is 3. The fourth-order valence-electron chi connectivity index (χ4n) is 2.31. The van der Waals surface area contributed by atoms with Gasteiger partial charge in [0.25, 0.3) is 0 Å². The van der Waals surface area contributed by atoms with Crippen molar-refractivity contribution in [3.63, 3.8) is 0 Å². The molecular weight excluding hydrogens is 304 g/mol. The molecule has 0 saturated carbocycles. The zero-order valence-corrected chi connectivity index (χ0v) is 14.2. The molecule has 2 aromatic heterocycles. The van der Waals surface area contributed by atoms with Crippen LogP contribution < -0.4 is 5.32 Å². The molecule has 0 amide bonds. The van der Waals surface area contributed by atoms with Crippen LogP contribution in [0.5, 0.6) is 0 Å². The van der Waals surface area contributed by atoms with Crippen molar-refractivity contribution in [2.24, 2.45) is 0 Å². The maximum atomic E-state index is 4.73. The highest BCUT2D eigenvalue weighted by Gasteiger charge is 2.08. The summed E-state index contributed by atoms with van der Waals surface area (Å²) in [6, 6.07) is 8.71. The highest BCUT2D eigenvalue weighted by Crippen LogP contribution is 2.24. The van der Waals surface area contributed by atoms with Crippen molar-refractivity contribution in [1.82, 2.24) is 20.3 Å². The highest BCUT2D eigenvalue weighted by molar-refractivity contribution is 7.13. The van der Waals surface area contributed by atoms with Crippen LogP contribution in [-0.2, 0) is 6.42 Å². The van der Waals surface area contributed by atoms with Crippen LogP contribution in [0.4, 0.5) is 0 Å². The van der Waals surface area contributed by atoms with E-state index >= 15 is 0 Å². The van der Waals surface area contributed by atoms with Crippen LogP contribution in [-0.4, -0.2) is 21.5 Å². The Balaban J connectivity index is 1.54. The summed E-state index contributed by atoms with van der Waals surface area (Å²) in [6.45, 7) is 5.07. The number of thiazole rings is 1. The Morgan fingerprint density at radius 3 is 2.74 bits per heavy atom. The number of aromatic nitrogens is 3. The molecule has 1 atom stereocenters. The predicted octanol–water partition coefficient (Wildman–Crippen LogP) is 3.80. The standard InChI is InChI=1S/C18H20N4S/c1-13-3-5-15(6-4-13)18-22-16(12-23-18)7-8-20-14(2)17-11-19-9-10-21-17/h3-6,9-12,14,20H,7-8H2,1-2H3/t14-/m1/s1. The van der Waals surface area contributed by atoms with Gasteiger partial charge in [-0.05, 0) is 13.8 Å². The van der Waals surface area contributed by atoms with Crippen molar-refractivity contribution < 1.29 is 0 Å². The quantitative estimate of drug-likeness (QED) is 0.749. The smallest absolute Gasteiger partial charge is 0.123 e. The molecule has 0 unspecified atom stereocenters. The molecule has 1 aromatic carbocycles. The molecule has 0 bridgehead atoms. The minimum absolute atomic E-state index is 0.193. The molecule has 0 saturated heterocycles. The van der Waals surface area contributed by atoms with Crippen LogP contribution in [0.15, 0.2) is 48.2 Å². The van der Waals surface area contributed by atoms with Crippen LogP contribution in [0.25, 0.3) is 10.6 Å². The Labute approximate surface area is 140 Å². The number of nitrogens with one attached hydrogen (secondary N) is 1. The molecule has 23 heavy (non-hydrogen) atoms. The molecule has 0 aliphatic carbocycles. The van der Waals surface area contributed by atoms with Gasteiger partial charge in [0.1, 0.15) is 5.01 Å². The first-order valence-corrected chi connectivity index (χ1v) is 8.61. The second-order valence-electron chi connectivity index (χ2n) is 5.57. The van der Waals surface area contributed by atoms with Gasteiger partial charge in [-0.15, -0.1) is 11.3 Å². The monoisotopic (exact) mass is 324 g/mol. The minimum atomic E-state index is 0.193. The van der Waals surface area contributed by atoms with E-state index in [1.165, 1.54) is 11.1 Å². The molecule has 118 valence electrons. The van der Waals surface area contributed by atoms with Crippen molar-refractivity contribution in [2.45, 2.75) is 26.3 Å². The van der Waals surface area contributed by atoms with E-state index in [0.29, 0.717) is 0 Å². The summed E-state index contributed by atoms with van der Waals surface area (Å²) in [5, 5.41) is 6.69. The summed E-state index contributed by atoms with van der Waals surface area (Å²) in [7, 11) is 0. The van der Waals surface area contributed by atoms with Gasteiger partial charge in [0.15, 0.2) is 0 Å². The fraction of sp³-hybridized carbons (Fsp3) is 0.278. The van der Waals surface area contributed by atoms with Crippen LogP contribution >= 0.6 is 11.3 Å². The Morgan fingerprint density at radius 2 is 2.00 bits per heavy atom. The normalized spacial score (nSPS) is 12.3. The SMILES string of the molecule is Cc1ccc(-c2nc(CCN[C@H](C)c3cnccn3)cs2)cc1. The van der Waals surface area contributed by atoms with E-state index in [4.69, 9.17) is 4.98 Å². The molecule has 0 radical (unpaired) electrons. The molecule has 0 spiro atoms. The molecule has 3 aromatic rings. The van der Waals surface area contributed by atoms with E-state index in [9.17, 15) is 0 Å².